The molecule has 1 aliphatic carbocycles. The highest BCUT2D eigenvalue weighted by Crippen LogP contribution is 2.40. The first-order valence-electron chi connectivity index (χ1n) is 7.13. The van der Waals surface area contributed by atoms with Crippen LogP contribution >= 0.6 is 23.2 Å². The summed E-state index contributed by atoms with van der Waals surface area (Å²) >= 11 is 12.0. The molecular formula is C15H14Cl2N4O. The predicted octanol–water partition coefficient (Wildman–Crippen LogP) is 4.36. The molecule has 4 rings (SSSR count). The summed E-state index contributed by atoms with van der Waals surface area (Å²) in [4.78, 5) is 8.55. The summed E-state index contributed by atoms with van der Waals surface area (Å²) in [7, 11) is 1.83. The van der Waals surface area contributed by atoms with Crippen LogP contribution in [0.2, 0.25) is 10.4 Å². The van der Waals surface area contributed by atoms with Gasteiger partial charge >= 0.3 is 0 Å². The first-order chi connectivity index (χ1) is 10.6. The Balaban J connectivity index is 1.56. The van der Waals surface area contributed by atoms with Crippen LogP contribution in [-0.4, -0.2) is 14.5 Å². The van der Waals surface area contributed by atoms with Crippen LogP contribution in [0.25, 0.3) is 11.1 Å². The fourth-order valence-corrected chi connectivity index (χ4v) is 2.91. The van der Waals surface area contributed by atoms with Crippen molar-refractivity contribution in [2.45, 2.75) is 25.3 Å². The Labute approximate surface area is 137 Å². The SMILES string of the molecule is Cn1c(Cl)nc(Cl)c1CNc1ccc2nc(C3CC3)oc2c1. The molecule has 0 radical (unpaired) electrons. The van der Waals surface area contributed by atoms with Crippen molar-refractivity contribution >= 4 is 40.0 Å². The van der Waals surface area contributed by atoms with E-state index in [1.807, 2.05) is 25.2 Å². The van der Waals surface area contributed by atoms with Gasteiger partial charge in [0.05, 0.1) is 12.2 Å². The van der Waals surface area contributed by atoms with E-state index >= 15 is 0 Å². The summed E-state index contributed by atoms with van der Waals surface area (Å²) in [5.41, 5.74) is 3.48. The fourth-order valence-electron chi connectivity index (χ4n) is 2.40. The third-order valence-corrected chi connectivity index (χ3v) is 4.54. The van der Waals surface area contributed by atoms with E-state index in [4.69, 9.17) is 27.6 Å². The molecule has 5 nitrogen and oxygen atoms in total. The highest BCUT2D eigenvalue weighted by Gasteiger charge is 2.28. The largest absolute Gasteiger partial charge is 0.440 e. The Hall–Kier alpha value is -1.72. The van der Waals surface area contributed by atoms with Gasteiger partial charge in [0.25, 0.3) is 0 Å². The summed E-state index contributed by atoms with van der Waals surface area (Å²) in [5, 5.41) is 4.10. The van der Waals surface area contributed by atoms with Crippen LogP contribution in [0.4, 0.5) is 5.69 Å². The molecule has 1 aromatic carbocycles. The first-order valence-corrected chi connectivity index (χ1v) is 7.88. The van der Waals surface area contributed by atoms with Crippen LogP contribution < -0.4 is 5.32 Å². The van der Waals surface area contributed by atoms with Gasteiger partial charge in [-0.1, -0.05) is 11.6 Å². The van der Waals surface area contributed by atoms with Crippen LogP contribution in [0.15, 0.2) is 22.6 Å². The molecule has 0 bridgehead atoms. The number of oxazole rings is 1. The van der Waals surface area contributed by atoms with Crippen molar-refractivity contribution in [2.24, 2.45) is 7.05 Å². The quantitative estimate of drug-likeness (QED) is 0.769. The van der Waals surface area contributed by atoms with E-state index in [0.717, 1.165) is 28.4 Å². The van der Waals surface area contributed by atoms with Crippen molar-refractivity contribution in [2.75, 3.05) is 5.32 Å². The summed E-state index contributed by atoms with van der Waals surface area (Å²) in [6.07, 6.45) is 2.36. The lowest BCUT2D eigenvalue weighted by molar-refractivity contribution is 0.533. The van der Waals surface area contributed by atoms with Crippen LogP contribution in [-0.2, 0) is 13.6 Å². The number of anilines is 1. The average Bonchev–Trinajstić information content (AvgIpc) is 3.21. The minimum atomic E-state index is 0.376. The molecule has 114 valence electrons. The number of hydrogen-bond donors (Lipinski definition) is 1. The molecule has 0 spiro atoms. The van der Waals surface area contributed by atoms with Gasteiger partial charge in [-0.15, -0.1) is 0 Å². The Morgan fingerprint density at radius 3 is 2.82 bits per heavy atom. The summed E-state index contributed by atoms with van der Waals surface area (Å²) in [6, 6.07) is 5.90. The monoisotopic (exact) mass is 336 g/mol. The van der Waals surface area contributed by atoms with Crippen LogP contribution in [0.1, 0.15) is 30.3 Å². The highest BCUT2D eigenvalue weighted by atomic mass is 35.5. The molecular weight excluding hydrogens is 323 g/mol. The molecule has 1 N–H and O–H groups in total. The number of halogens is 2. The normalized spacial score (nSPS) is 14.7. The molecule has 0 aliphatic heterocycles. The Bertz CT molecular complexity index is 851. The number of imidazole rings is 1. The van der Waals surface area contributed by atoms with E-state index in [0.29, 0.717) is 22.9 Å². The second-order valence-electron chi connectivity index (χ2n) is 5.54. The minimum Gasteiger partial charge on any atom is -0.440 e. The number of fused-ring (bicyclic) bond motifs is 1. The number of nitrogens with zero attached hydrogens (tertiary/aromatic N) is 3. The Morgan fingerprint density at radius 2 is 2.14 bits per heavy atom. The van der Waals surface area contributed by atoms with Crippen molar-refractivity contribution in [1.82, 2.24) is 14.5 Å². The number of benzene rings is 1. The maximum Gasteiger partial charge on any atom is 0.204 e. The van der Waals surface area contributed by atoms with E-state index in [9.17, 15) is 0 Å². The van der Waals surface area contributed by atoms with Gasteiger partial charge in [-0.25, -0.2) is 9.97 Å². The zero-order valence-electron chi connectivity index (χ0n) is 11.9. The second-order valence-corrected chi connectivity index (χ2v) is 6.24. The molecule has 0 atom stereocenters. The summed E-state index contributed by atoms with van der Waals surface area (Å²) < 4.78 is 7.58. The topological polar surface area (TPSA) is 55.9 Å². The molecule has 22 heavy (non-hydrogen) atoms. The molecule has 0 unspecified atom stereocenters. The third kappa shape index (κ3) is 2.44. The van der Waals surface area contributed by atoms with Crippen molar-refractivity contribution in [1.29, 1.82) is 0 Å². The number of rotatable bonds is 4. The number of nitrogens with one attached hydrogen (secondary N) is 1. The maximum absolute atomic E-state index is 6.07. The van der Waals surface area contributed by atoms with Crippen LogP contribution in [0.3, 0.4) is 0 Å². The van der Waals surface area contributed by atoms with Crippen molar-refractivity contribution in [3.05, 3.63) is 40.2 Å². The van der Waals surface area contributed by atoms with Crippen molar-refractivity contribution < 1.29 is 4.42 Å². The van der Waals surface area contributed by atoms with Gasteiger partial charge in [-0.3, -0.25) is 0 Å². The van der Waals surface area contributed by atoms with Crippen LogP contribution in [0.5, 0.6) is 0 Å². The van der Waals surface area contributed by atoms with E-state index in [2.05, 4.69) is 15.3 Å². The fraction of sp³-hybridized carbons (Fsp3) is 0.333. The van der Waals surface area contributed by atoms with Crippen molar-refractivity contribution in [3.8, 4) is 0 Å². The molecule has 2 heterocycles. The maximum atomic E-state index is 6.07. The lowest BCUT2D eigenvalue weighted by atomic mass is 10.3. The predicted molar refractivity (Wildman–Crippen MR) is 86.5 cm³/mol. The van der Waals surface area contributed by atoms with Gasteiger partial charge in [0, 0.05) is 24.7 Å². The second kappa shape index (κ2) is 5.18. The smallest absolute Gasteiger partial charge is 0.204 e. The minimum absolute atomic E-state index is 0.376. The highest BCUT2D eigenvalue weighted by molar-refractivity contribution is 6.32. The van der Waals surface area contributed by atoms with Gasteiger partial charge in [0.2, 0.25) is 5.28 Å². The Kier molecular flexibility index (Phi) is 3.27. The number of hydrogen-bond acceptors (Lipinski definition) is 4. The Morgan fingerprint density at radius 1 is 1.32 bits per heavy atom. The molecule has 2 aromatic heterocycles. The van der Waals surface area contributed by atoms with Gasteiger partial charge in [0.1, 0.15) is 5.52 Å². The number of aromatic nitrogens is 3. The first kappa shape index (κ1) is 13.9. The van der Waals surface area contributed by atoms with E-state index in [1.54, 1.807) is 4.57 Å². The summed E-state index contributed by atoms with van der Waals surface area (Å²) in [6.45, 7) is 0.532. The van der Waals surface area contributed by atoms with Gasteiger partial charge in [-0.2, -0.15) is 0 Å². The van der Waals surface area contributed by atoms with E-state index in [-0.39, 0.29) is 0 Å². The lowest BCUT2D eigenvalue weighted by Gasteiger charge is -2.07. The molecule has 1 saturated carbocycles. The standard InChI is InChI=1S/C15H14Cl2N4O/c1-21-11(13(16)20-15(21)17)7-18-9-4-5-10-12(6-9)22-14(19-10)8-2-3-8/h4-6,8,18H,2-3,7H2,1H3. The molecule has 7 heteroatoms. The van der Waals surface area contributed by atoms with Crippen molar-refractivity contribution in [3.63, 3.8) is 0 Å². The van der Waals surface area contributed by atoms with E-state index < -0.39 is 0 Å². The van der Waals surface area contributed by atoms with Gasteiger partial charge in [-0.05, 0) is 36.6 Å². The lowest BCUT2D eigenvalue weighted by Crippen LogP contribution is -2.05. The van der Waals surface area contributed by atoms with Gasteiger partial charge < -0.3 is 14.3 Å². The molecule has 3 aromatic rings. The van der Waals surface area contributed by atoms with Crippen LogP contribution in [0, 0.1) is 0 Å². The molecule has 1 aliphatic rings. The summed E-state index contributed by atoms with van der Waals surface area (Å²) in [5.74, 6) is 1.37. The average molecular weight is 337 g/mol. The zero-order valence-corrected chi connectivity index (χ0v) is 13.4. The zero-order chi connectivity index (χ0) is 15.3. The molecule has 0 saturated heterocycles. The van der Waals surface area contributed by atoms with Gasteiger partial charge in [0.15, 0.2) is 16.6 Å². The van der Waals surface area contributed by atoms with E-state index in [1.165, 1.54) is 12.8 Å². The molecule has 0 amide bonds. The third-order valence-electron chi connectivity index (χ3n) is 3.90. The molecule has 1 fully saturated rings.